The van der Waals surface area contributed by atoms with Gasteiger partial charge < -0.3 is 5.73 Å². The molecule has 0 bridgehead atoms. The van der Waals surface area contributed by atoms with Crippen LogP contribution in [0.15, 0.2) is 51.8 Å². The average Bonchev–Trinajstić information content (AvgIpc) is 2.42. The maximum atomic E-state index is 13.2. The smallest absolute Gasteiger partial charge is 0.262 e. The lowest BCUT2D eigenvalue weighted by Crippen LogP contribution is -2.16. The Labute approximate surface area is 125 Å². The van der Waals surface area contributed by atoms with Gasteiger partial charge in [0, 0.05) is 11.0 Å². The summed E-state index contributed by atoms with van der Waals surface area (Å²) in [5.74, 6) is -0.530. The fourth-order valence-corrected chi connectivity index (χ4v) is 3.51. The van der Waals surface area contributed by atoms with Crippen molar-refractivity contribution in [2.24, 2.45) is 5.73 Å². The summed E-state index contributed by atoms with van der Waals surface area (Å²) >= 11 is 3.17. The Morgan fingerprint density at radius 3 is 2.60 bits per heavy atom. The number of hydrogen-bond acceptors (Lipinski definition) is 3. The average molecular weight is 359 g/mol. The molecule has 0 saturated heterocycles. The second-order valence-electron chi connectivity index (χ2n) is 4.04. The molecule has 0 unspecified atom stereocenters. The first-order valence-electron chi connectivity index (χ1n) is 5.70. The van der Waals surface area contributed by atoms with E-state index in [4.69, 9.17) is 5.73 Å². The van der Waals surface area contributed by atoms with Crippen molar-refractivity contribution in [3.63, 3.8) is 0 Å². The van der Waals surface area contributed by atoms with Crippen molar-refractivity contribution in [3.05, 3.63) is 58.3 Å². The molecule has 2 aromatic rings. The molecule has 0 spiro atoms. The minimum absolute atomic E-state index is 0.0821. The fourth-order valence-electron chi connectivity index (χ4n) is 1.71. The molecule has 2 aromatic carbocycles. The summed E-state index contributed by atoms with van der Waals surface area (Å²) in [5.41, 5.74) is 6.16. The zero-order valence-electron chi connectivity index (χ0n) is 10.3. The van der Waals surface area contributed by atoms with Crippen LogP contribution < -0.4 is 10.5 Å². The minimum atomic E-state index is -3.82. The van der Waals surface area contributed by atoms with Gasteiger partial charge in [0.25, 0.3) is 10.0 Å². The molecule has 0 aliphatic heterocycles. The van der Waals surface area contributed by atoms with E-state index in [2.05, 4.69) is 20.7 Å². The molecule has 0 saturated carbocycles. The van der Waals surface area contributed by atoms with Crippen molar-refractivity contribution in [2.75, 3.05) is 4.72 Å². The number of hydrogen-bond donors (Lipinski definition) is 2. The van der Waals surface area contributed by atoms with E-state index in [0.29, 0.717) is 10.0 Å². The zero-order chi connectivity index (χ0) is 14.8. The molecule has 0 radical (unpaired) electrons. The van der Waals surface area contributed by atoms with Crippen LogP contribution in [0.2, 0.25) is 0 Å². The van der Waals surface area contributed by atoms with Gasteiger partial charge in [-0.05, 0) is 45.8 Å². The van der Waals surface area contributed by atoms with Gasteiger partial charge in [-0.1, -0.05) is 18.2 Å². The Morgan fingerprint density at radius 2 is 1.90 bits per heavy atom. The van der Waals surface area contributed by atoms with Crippen molar-refractivity contribution in [3.8, 4) is 0 Å². The summed E-state index contributed by atoms with van der Waals surface area (Å²) in [6, 6.07) is 10.2. The third kappa shape index (κ3) is 3.17. The molecule has 0 aliphatic rings. The van der Waals surface area contributed by atoms with Gasteiger partial charge in [0.2, 0.25) is 0 Å². The highest BCUT2D eigenvalue weighted by atomic mass is 79.9. The summed E-state index contributed by atoms with van der Waals surface area (Å²) in [5, 5.41) is 0. The van der Waals surface area contributed by atoms with Crippen LogP contribution in [0.4, 0.5) is 10.1 Å². The number of halogens is 2. The second-order valence-corrected chi connectivity index (χ2v) is 6.55. The summed E-state index contributed by atoms with van der Waals surface area (Å²) in [6.07, 6.45) is 0. The van der Waals surface area contributed by atoms with E-state index >= 15 is 0 Å². The van der Waals surface area contributed by atoms with Crippen LogP contribution in [-0.2, 0) is 16.6 Å². The zero-order valence-corrected chi connectivity index (χ0v) is 12.7. The lowest BCUT2D eigenvalue weighted by Gasteiger charge is -2.12. The summed E-state index contributed by atoms with van der Waals surface area (Å²) < 4.78 is 40.7. The Bertz CT molecular complexity index is 735. The first kappa shape index (κ1) is 15.0. The number of nitrogens with two attached hydrogens (primary N) is 1. The second kappa shape index (κ2) is 5.90. The van der Waals surface area contributed by atoms with E-state index in [-0.39, 0.29) is 17.1 Å². The standard InChI is InChI=1S/C13H12BrFN2O2S/c14-11-6-5-10(15)7-12(11)17-20(18,19)13-4-2-1-3-9(13)8-16/h1-7,17H,8,16H2. The Kier molecular flexibility index (Phi) is 4.42. The lowest BCUT2D eigenvalue weighted by molar-refractivity contribution is 0.600. The predicted molar refractivity (Wildman–Crippen MR) is 79.2 cm³/mol. The molecule has 0 fully saturated rings. The van der Waals surface area contributed by atoms with Gasteiger partial charge in [-0.3, -0.25) is 4.72 Å². The molecule has 0 amide bonds. The molecular weight excluding hydrogens is 347 g/mol. The molecule has 0 aromatic heterocycles. The van der Waals surface area contributed by atoms with E-state index in [1.54, 1.807) is 18.2 Å². The van der Waals surface area contributed by atoms with E-state index in [9.17, 15) is 12.8 Å². The number of anilines is 1. The molecule has 3 N–H and O–H groups in total. The molecular formula is C13H12BrFN2O2S. The summed E-state index contributed by atoms with van der Waals surface area (Å²) in [4.78, 5) is 0.0821. The third-order valence-electron chi connectivity index (χ3n) is 2.65. The van der Waals surface area contributed by atoms with E-state index in [0.717, 1.165) is 6.07 Å². The van der Waals surface area contributed by atoms with Crippen molar-refractivity contribution >= 4 is 31.6 Å². The largest absolute Gasteiger partial charge is 0.326 e. The highest BCUT2D eigenvalue weighted by Gasteiger charge is 2.18. The van der Waals surface area contributed by atoms with Gasteiger partial charge in [0.05, 0.1) is 10.6 Å². The monoisotopic (exact) mass is 358 g/mol. The van der Waals surface area contributed by atoms with Crippen LogP contribution in [0, 0.1) is 5.82 Å². The van der Waals surface area contributed by atoms with E-state index < -0.39 is 15.8 Å². The van der Waals surface area contributed by atoms with Crippen molar-refractivity contribution < 1.29 is 12.8 Å². The molecule has 4 nitrogen and oxygen atoms in total. The van der Waals surface area contributed by atoms with Crippen LogP contribution >= 0.6 is 15.9 Å². The van der Waals surface area contributed by atoms with Crippen LogP contribution in [0.5, 0.6) is 0 Å². The van der Waals surface area contributed by atoms with Gasteiger partial charge in [-0.25, -0.2) is 12.8 Å². The van der Waals surface area contributed by atoms with Gasteiger partial charge in [0.1, 0.15) is 5.82 Å². The molecule has 106 valence electrons. The number of benzene rings is 2. The van der Waals surface area contributed by atoms with Gasteiger partial charge in [0.15, 0.2) is 0 Å². The van der Waals surface area contributed by atoms with Crippen LogP contribution in [-0.4, -0.2) is 8.42 Å². The first-order valence-corrected chi connectivity index (χ1v) is 7.97. The van der Waals surface area contributed by atoms with E-state index in [1.165, 1.54) is 18.2 Å². The quantitative estimate of drug-likeness (QED) is 0.882. The van der Waals surface area contributed by atoms with Crippen LogP contribution in [0.3, 0.4) is 0 Å². The first-order chi connectivity index (χ1) is 9.44. The topological polar surface area (TPSA) is 72.2 Å². The Hall–Kier alpha value is -1.44. The van der Waals surface area contributed by atoms with Crippen LogP contribution in [0.25, 0.3) is 0 Å². The normalized spacial score (nSPS) is 11.3. The number of nitrogens with one attached hydrogen (secondary N) is 1. The Balaban J connectivity index is 2.43. The van der Waals surface area contributed by atoms with Crippen molar-refractivity contribution in [2.45, 2.75) is 11.4 Å². The van der Waals surface area contributed by atoms with Gasteiger partial charge in [-0.15, -0.1) is 0 Å². The predicted octanol–water partition coefficient (Wildman–Crippen LogP) is 2.85. The number of sulfonamides is 1. The van der Waals surface area contributed by atoms with Gasteiger partial charge in [-0.2, -0.15) is 0 Å². The van der Waals surface area contributed by atoms with Crippen molar-refractivity contribution in [1.82, 2.24) is 0 Å². The molecule has 20 heavy (non-hydrogen) atoms. The van der Waals surface area contributed by atoms with Gasteiger partial charge >= 0.3 is 0 Å². The number of rotatable bonds is 4. The highest BCUT2D eigenvalue weighted by Crippen LogP contribution is 2.26. The van der Waals surface area contributed by atoms with Crippen LogP contribution in [0.1, 0.15) is 5.56 Å². The molecule has 0 heterocycles. The molecule has 2 rings (SSSR count). The molecule has 7 heteroatoms. The molecule has 0 aliphatic carbocycles. The molecule has 0 atom stereocenters. The Morgan fingerprint density at radius 1 is 1.20 bits per heavy atom. The minimum Gasteiger partial charge on any atom is -0.326 e. The maximum Gasteiger partial charge on any atom is 0.262 e. The summed E-state index contributed by atoms with van der Waals surface area (Å²) in [6.45, 7) is 0.0986. The van der Waals surface area contributed by atoms with E-state index in [1.807, 2.05) is 0 Å². The maximum absolute atomic E-state index is 13.2. The van der Waals surface area contributed by atoms with Crippen molar-refractivity contribution in [1.29, 1.82) is 0 Å². The SMILES string of the molecule is NCc1ccccc1S(=O)(=O)Nc1cc(F)ccc1Br. The lowest BCUT2D eigenvalue weighted by atomic mass is 10.2. The highest BCUT2D eigenvalue weighted by molar-refractivity contribution is 9.10. The fraction of sp³-hybridized carbons (Fsp3) is 0.0769. The third-order valence-corrected chi connectivity index (χ3v) is 4.81. The summed E-state index contributed by atoms with van der Waals surface area (Å²) in [7, 11) is -3.82.